The maximum Gasteiger partial charge on any atom is 0.273 e. The molecule has 1 aliphatic rings. The normalized spacial score (nSPS) is 18.2. The first-order valence-corrected chi connectivity index (χ1v) is 6.04. The van der Waals surface area contributed by atoms with Gasteiger partial charge in [0.05, 0.1) is 16.7 Å². The predicted octanol–water partition coefficient (Wildman–Crippen LogP) is 1.24. The van der Waals surface area contributed by atoms with Crippen molar-refractivity contribution in [1.82, 2.24) is 5.32 Å². The molecule has 1 aromatic carbocycles. The van der Waals surface area contributed by atoms with Crippen LogP contribution in [0.3, 0.4) is 0 Å². The van der Waals surface area contributed by atoms with Crippen molar-refractivity contribution in [2.45, 2.75) is 12.8 Å². The first kappa shape index (κ1) is 13.3. The SMILES string of the molecule is O=C(CC1CCNC1)Nc1ccc([N+](=O)[O-])cc1O. The van der Waals surface area contributed by atoms with Gasteiger partial charge < -0.3 is 15.7 Å². The maximum absolute atomic E-state index is 11.8. The summed E-state index contributed by atoms with van der Waals surface area (Å²) in [6.07, 6.45) is 1.34. The monoisotopic (exact) mass is 265 g/mol. The molecule has 0 saturated carbocycles. The van der Waals surface area contributed by atoms with E-state index in [0.29, 0.717) is 12.3 Å². The zero-order chi connectivity index (χ0) is 13.8. The number of nitrogens with zero attached hydrogens (tertiary/aromatic N) is 1. The van der Waals surface area contributed by atoms with Crippen LogP contribution in [0.2, 0.25) is 0 Å². The number of carbonyl (C=O) groups excluding carboxylic acids is 1. The fourth-order valence-corrected chi connectivity index (χ4v) is 2.09. The quantitative estimate of drug-likeness (QED) is 0.431. The molecule has 1 saturated heterocycles. The number of aromatic hydroxyl groups is 1. The van der Waals surface area contributed by atoms with E-state index < -0.39 is 4.92 Å². The molecule has 0 bridgehead atoms. The van der Waals surface area contributed by atoms with Crippen molar-refractivity contribution >= 4 is 17.3 Å². The Morgan fingerprint density at radius 3 is 2.95 bits per heavy atom. The molecule has 1 aliphatic heterocycles. The summed E-state index contributed by atoms with van der Waals surface area (Å²) in [5.41, 5.74) is -0.0166. The van der Waals surface area contributed by atoms with E-state index in [-0.39, 0.29) is 23.0 Å². The number of amides is 1. The third-order valence-electron chi connectivity index (χ3n) is 3.10. The lowest BCUT2D eigenvalue weighted by molar-refractivity contribution is -0.384. The average Bonchev–Trinajstić information content (AvgIpc) is 2.84. The van der Waals surface area contributed by atoms with Crippen molar-refractivity contribution in [2.24, 2.45) is 5.92 Å². The van der Waals surface area contributed by atoms with Crippen LogP contribution >= 0.6 is 0 Å². The number of phenols is 1. The largest absolute Gasteiger partial charge is 0.506 e. The molecule has 19 heavy (non-hydrogen) atoms. The second-order valence-corrected chi connectivity index (χ2v) is 4.57. The number of rotatable bonds is 4. The van der Waals surface area contributed by atoms with Gasteiger partial charge in [0.15, 0.2) is 0 Å². The van der Waals surface area contributed by atoms with Crippen LogP contribution in [0, 0.1) is 16.0 Å². The number of hydrogen-bond acceptors (Lipinski definition) is 5. The fourth-order valence-electron chi connectivity index (χ4n) is 2.09. The number of nitrogens with one attached hydrogen (secondary N) is 2. The van der Waals surface area contributed by atoms with Gasteiger partial charge in [0.1, 0.15) is 5.75 Å². The molecule has 0 aliphatic carbocycles. The summed E-state index contributed by atoms with van der Waals surface area (Å²) >= 11 is 0. The Hall–Kier alpha value is -2.15. The first-order chi connectivity index (χ1) is 9.06. The number of carbonyl (C=O) groups is 1. The lowest BCUT2D eigenvalue weighted by atomic mass is 10.0. The topological polar surface area (TPSA) is 104 Å². The highest BCUT2D eigenvalue weighted by molar-refractivity contribution is 5.92. The minimum Gasteiger partial charge on any atom is -0.506 e. The Morgan fingerprint density at radius 1 is 1.58 bits per heavy atom. The van der Waals surface area contributed by atoms with Gasteiger partial charge in [-0.15, -0.1) is 0 Å². The molecular weight excluding hydrogens is 250 g/mol. The predicted molar refractivity (Wildman–Crippen MR) is 69.0 cm³/mol. The van der Waals surface area contributed by atoms with E-state index in [4.69, 9.17) is 0 Å². The Kier molecular flexibility index (Phi) is 3.96. The first-order valence-electron chi connectivity index (χ1n) is 6.04. The fraction of sp³-hybridized carbons (Fsp3) is 0.417. The smallest absolute Gasteiger partial charge is 0.273 e. The van der Waals surface area contributed by atoms with E-state index in [1.165, 1.54) is 12.1 Å². The molecule has 0 radical (unpaired) electrons. The number of benzene rings is 1. The number of non-ortho nitro benzene ring substituents is 1. The molecule has 1 amide bonds. The van der Waals surface area contributed by atoms with Crippen molar-refractivity contribution in [3.63, 3.8) is 0 Å². The molecule has 3 N–H and O–H groups in total. The van der Waals surface area contributed by atoms with E-state index in [9.17, 15) is 20.0 Å². The molecular formula is C12H15N3O4. The number of nitro groups is 1. The summed E-state index contributed by atoms with van der Waals surface area (Å²) in [7, 11) is 0. The molecule has 0 spiro atoms. The van der Waals surface area contributed by atoms with Crippen LogP contribution in [-0.2, 0) is 4.79 Å². The van der Waals surface area contributed by atoms with Crippen molar-refractivity contribution in [3.05, 3.63) is 28.3 Å². The second-order valence-electron chi connectivity index (χ2n) is 4.57. The highest BCUT2D eigenvalue weighted by atomic mass is 16.6. The van der Waals surface area contributed by atoms with E-state index >= 15 is 0 Å². The molecule has 1 aromatic rings. The van der Waals surface area contributed by atoms with Gasteiger partial charge in [-0.2, -0.15) is 0 Å². The van der Waals surface area contributed by atoms with E-state index in [1.807, 2.05) is 0 Å². The number of nitro benzene ring substituents is 1. The van der Waals surface area contributed by atoms with E-state index in [0.717, 1.165) is 25.6 Å². The van der Waals surface area contributed by atoms with Gasteiger partial charge in [0.25, 0.3) is 5.69 Å². The number of phenolic OH excluding ortho intramolecular Hbond substituents is 1. The van der Waals surface area contributed by atoms with Gasteiger partial charge in [-0.3, -0.25) is 14.9 Å². The summed E-state index contributed by atoms with van der Waals surface area (Å²) in [4.78, 5) is 21.7. The molecule has 0 aromatic heterocycles. The average molecular weight is 265 g/mol. The van der Waals surface area contributed by atoms with Crippen molar-refractivity contribution in [3.8, 4) is 5.75 Å². The van der Waals surface area contributed by atoms with E-state index in [2.05, 4.69) is 10.6 Å². The van der Waals surface area contributed by atoms with Crippen LogP contribution in [-0.4, -0.2) is 29.0 Å². The van der Waals surface area contributed by atoms with Gasteiger partial charge in [0.2, 0.25) is 5.91 Å². The standard InChI is InChI=1S/C12H15N3O4/c16-11-6-9(15(18)19)1-2-10(11)14-12(17)5-8-3-4-13-7-8/h1-2,6,8,13,16H,3-5,7H2,(H,14,17). The molecule has 7 nitrogen and oxygen atoms in total. The summed E-state index contributed by atoms with van der Waals surface area (Å²) < 4.78 is 0. The Labute approximate surface area is 109 Å². The second kappa shape index (κ2) is 5.66. The number of hydrogen-bond donors (Lipinski definition) is 3. The zero-order valence-corrected chi connectivity index (χ0v) is 10.3. The van der Waals surface area contributed by atoms with Crippen molar-refractivity contribution in [1.29, 1.82) is 0 Å². The van der Waals surface area contributed by atoms with Crippen LogP contribution in [0.4, 0.5) is 11.4 Å². The zero-order valence-electron chi connectivity index (χ0n) is 10.3. The van der Waals surface area contributed by atoms with Crippen LogP contribution in [0.15, 0.2) is 18.2 Å². The van der Waals surface area contributed by atoms with Crippen LogP contribution in [0.5, 0.6) is 5.75 Å². The summed E-state index contributed by atoms with van der Waals surface area (Å²) in [5.74, 6) is -0.190. The van der Waals surface area contributed by atoms with Crippen LogP contribution in [0.25, 0.3) is 0 Å². The Morgan fingerprint density at radius 2 is 2.37 bits per heavy atom. The van der Waals surface area contributed by atoms with Gasteiger partial charge in [0, 0.05) is 12.5 Å². The molecule has 1 heterocycles. The Bertz CT molecular complexity index is 498. The highest BCUT2D eigenvalue weighted by Gasteiger charge is 2.19. The van der Waals surface area contributed by atoms with Crippen molar-refractivity contribution < 1.29 is 14.8 Å². The molecule has 1 unspecified atom stereocenters. The molecule has 7 heteroatoms. The Balaban J connectivity index is 1.98. The minimum absolute atomic E-state index is 0.196. The third-order valence-corrected chi connectivity index (χ3v) is 3.10. The highest BCUT2D eigenvalue weighted by Crippen LogP contribution is 2.28. The lowest BCUT2D eigenvalue weighted by Gasteiger charge is -2.10. The van der Waals surface area contributed by atoms with Gasteiger partial charge >= 0.3 is 0 Å². The summed E-state index contributed by atoms with van der Waals surface area (Å²) in [6, 6.07) is 3.59. The third kappa shape index (κ3) is 3.41. The molecule has 1 atom stereocenters. The van der Waals surface area contributed by atoms with E-state index in [1.54, 1.807) is 0 Å². The number of anilines is 1. The summed E-state index contributed by atoms with van der Waals surface area (Å²) in [5, 5.41) is 25.9. The summed E-state index contributed by atoms with van der Waals surface area (Å²) in [6.45, 7) is 1.74. The molecule has 1 fully saturated rings. The van der Waals surface area contributed by atoms with Gasteiger partial charge in [-0.05, 0) is 31.5 Å². The van der Waals surface area contributed by atoms with Gasteiger partial charge in [-0.25, -0.2) is 0 Å². The minimum atomic E-state index is -0.602. The van der Waals surface area contributed by atoms with Crippen molar-refractivity contribution in [2.75, 3.05) is 18.4 Å². The maximum atomic E-state index is 11.8. The van der Waals surface area contributed by atoms with Crippen LogP contribution < -0.4 is 10.6 Å². The van der Waals surface area contributed by atoms with Crippen LogP contribution in [0.1, 0.15) is 12.8 Å². The molecule has 2 rings (SSSR count). The molecule has 102 valence electrons. The lowest BCUT2D eigenvalue weighted by Crippen LogP contribution is -2.18. The van der Waals surface area contributed by atoms with Gasteiger partial charge in [-0.1, -0.05) is 0 Å².